The van der Waals surface area contributed by atoms with Crippen LogP contribution in [0.15, 0.2) is 71.6 Å². The van der Waals surface area contributed by atoms with Crippen LogP contribution in [0.4, 0.5) is 11.4 Å². The van der Waals surface area contributed by atoms with E-state index in [9.17, 15) is 19.5 Å². The highest BCUT2D eigenvalue weighted by Gasteiger charge is 2.29. The zero-order valence-electron chi connectivity index (χ0n) is 19.5. The number of fused-ring (bicyclic) bond motifs is 1. The molecule has 38 heavy (non-hydrogen) atoms. The number of rotatable bonds is 7. The summed E-state index contributed by atoms with van der Waals surface area (Å²) in [6, 6.07) is 20.3. The van der Waals surface area contributed by atoms with Gasteiger partial charge in [0, 0.05) is 16.3 Å². The molecular weight excluding hydrogens is 590 g/mol. The molecule has 194 valence electrons. The van der Waals surface area contributed by atoms with Crippen molar-refractivity contribution in [3.05, 3.63) is 97.9 Å². The lowest BCUT2D eigenvalue weighted by Gasteiger charge is -2.15. The van der Waals surface area contributed by atoms with Gasteiger partial charge in [0.1, 0.15) is 0 Å². The van der Waals surface area contributed by atoms with Crippen LogP contribution in [0.5, 0.6) is 0 Å². The van der Waals surface area contributed by atoms with E-state index in [2.05, 4.69) is 10.6 Å². The molecule has 0 fully saturated rings. The summed E-state index contributed by atoms with van der Waals surface area (Å²) in [6.07, 6.45) is 0. The second kappa shape index (κ2) is 11.8. The van der Waals surface area contributed by atoms with E-state index in [1.165, 1.54) is 11.8 Å². The third kappa shape index (κ3) is 6.03. The van der Waals surface area contributed by atoms with Crippen molar-refractivity contribution >= 4 is 98.1 Å². The highest BCUT2D eigenvalue weighted by molar-refractivity contribution is 8.00. The van der Waals surface area contributed by atoms with Crippen LogP contribution in [-0.4, -0.2) is 28.1 Å². The largest absolute Gasteiger partial charge is 0.478 e. The summed E-state index contributed by atoms with van der Waals surface area (Å²) in [5.41, 5.74) is 0.112. The van der Waals surface area contributed by atoms with E-state index in [0.29, 0.717) is 11.4 Å². The van der Waals surface area contributed by atoms with Gasteiger partial charge in [0.05, 0.1) is 36.5 Å². The topological polar surface area (TPSA) is 95.5 Å². The van der Waals surface area contributed by atoms with Crippen LogP contribution in [0, 0.1) is 0 Å². The standard InChI is InChI=1S/C27H18Cl4N2O4S/c1-13(25(34)33-17-7-6-14-4-2-3-5-15(14)12-17)38-18-10-8-16(9-11-18)32-26(35)19-20(27(36)37)22(29)24(31)23(30)21(19)28/h2-13H,1H3,(H,32,35)(H,33,34)(H,36,37). The molecule has 0 bridgehead atoms. The summed E-state index contributed by atoms with van der Waals surface area (Å²) < 4.78 is 0. The number of thioether (sulfide) groups is 1. The highest BCUT2D eigenvalue weighted by Crippen LogP contribution is 2.42. The molecule has 6 nitrogen and oxygen atoms in total. The first-order valence-electron chi connectivity index (χ1n) is 11.0. The Balaban J connectivity index is 1.43. The number of carbonyl (C=O) groups is 3. The maximum Gasteiger partial charge on any atom is 0.338 e. The van der Waals surface area contributed by atoms with Crippen molar-refractivity contribution < 1.29 is 19.5 Å². The van der Waals surface area contributed by atoms with E-state index >= 15 is 0 Å². The normalized spacial score (nSPS) is 11.7. The van der Waals surface area contributed by atoms with Crippen LogP contribution in [0.25, 0.3) is 10.8 Å². The number of amides is 2. The van der Waals surface area contributed by atoms with Gasteiger partial charge in [0.15, 0.2) is 0 Å². The predicted molar refractivity (Wildman–Crippen MR) is 156 cm³/mol. The lowest BCUT2D eigenvalue weighted by Crippen LogP contribution is -2.22. The van der Waals surface area contributed by atoms with Gasteiger partial charge in [0.2, 0.25) is 5.91 Å². The van der Waals surface area contributed by atoms with Crippen LogP contribution < -0.4 is 10.6 Å². The molecule has 11 heteroatoms. The molecule has 3 N–H and O–H groups in total. The number of nitrogens with one attached hydrogen (secondary N) is 2. The Morgan fingerprint density at radius 1 is 0.737 bits per heavy atom. The average Bonchev–Trinajstić information content (AvgIpc) is 2.90. The number of carboxylic acid groups (broad SMARTS) is 1. The summed E-state index contributed by atoms with van der Waals surface area (Å²) in [6.45, 7) is 1.79. The molecule has 4 aromatic rings. The molecule has 4 aromatic carbocycles. The van der Waals surface area contributed by atoms with Gasteiger partial charge in [-0.25, -0.2) is 4.79 Å². The van der Waals surface area contributed by atoms with Crippen molar-refractivity contribution in [1.29, 1.82) is 0 Å². The van der Waals surface area contributed by atoms with Crippen molar-refractivity contribution in [1.82, 2.24) is 0 Å². The molecule has 0 heterocycles. The van der Waals surface area contributed by atoms with Crippen LogP contribution in [0.2, 0.25) is 20.1 Å². The Morgan fingerprint density at radius 2 is 1.32 bits per heavy atom. The quantitative estimate of drug-likeness (QED) is 0.111. The van der Waals surface area contributed by atoms with Crippen LogP contribution >= 0.6 is 58.2 Å². The fourth-order valence-electron chi connectivity index (χ4n) is 3.62. The molecule has 0 aliphatic rings. The smallest absolute Gasteiger partial charge is 0.338 e. The van der Waals surface area contributed by atoms with E-state index < -0.39 is 28.3 Å². The van der Waals surface area contributed by atoms with Gasteiger partial charge in [-0.1, -0.05) is 76.7 Å². The molecule has 0 aromatic heterocycles. The number of hydrogen-bond donors (Lipinski definition) is 3. The second-order valence-corrected chi connectivity index (χ2v) is 11.0. The minimum atomic E-state index is -1.48. The molecule has 0 aliphatic carbocycles. The van der Waals surface area contributed by atoms with Gasteiger partial charge >= 0.3 is 5.97 Å². The van der Waals surface area contributed by atoms with Crippen molar-refractivity contribution in [2.45, 2.75) is 17.1 Å². The minimum absolute atomic E-state index is 0.157. The SMILES string of the molecule is CC(Sc1ccc(NC(=O)c2c(Cl)c(Cl)c(Cl)c(Cl)c2C(=O)O)cc1)C(=O)Nc1ccc2ccccc2c1. The molecule has 0 saturated heterocycles. The Hall–Kier alpha value is -2.94. The van der Waals surface area contributed by atoms with Gasteiger partial charge in [-0.05, 0) is 54.1 Å². The van der Waals surface area contributed by atoms with E-state index in [-0.39, 0.29) is 26.0 Å². The summed E-state index contributed by atoms with van der Waals surface area (Å²) in [5, 5.41) is 15.6. The first kappa shape index (κ1) is 28.1. The lowest BCUT2D eigenvalue weighted by atomic mass is 10.1. The number of carboxylic acids is 1. The Morgan fingerprint density at radius 3 is 1.95 bits per heavy atom. The number of hydrogen-bond acceptors (Lipinski definition) is 4. The monoisotopic (exact) mass is 606 g/mol. The summed E-state index contributed by atoms with van der Waals surface area (Å²) in [7, 11) is 0. The summed E-state index contributed by atoms with van der Waals surface area (Å²) >= 11 is 25.5. The molecule has 0 spiro atoms. The van der Waals surface area contributed by atoms with Gasteiger partial charge in [-0.3, -0.25) is 9.59 Å². The molecule has 1 unspecified atom stereocenters. The molecule has 0 radical (unpaired) electrons. The van der Waals surface area contributed by atoms with Gasteiger partial charge in [-0.2, -0.15) is 0 Å². The number of benzene rings is 4. The van der Waals surface area contributed by atoms with E-state index in [1.54, 1.807) is 31.2 Å². The fourth-order valence-corrected chi connectivity index (χ4v) is 5.51. The zero-order chi connectivity index (χ0) is 27.6. The lowest BCUT2D eigenvalue weighted by molar-refractivity contribution is -0.115. The Kier molecular flexibility index (Phi) is 8.75. The molecule has 2 amide bonds. The van der Waals surface area contributed by atoms with Crippen LogP contribution in [0.1, 0.15) is 27.6 Å². The first-order valence-corrected chi connectivity index (χ1v) is 13.4. The summed E-state index contributed by atoms with van der Waals surface area (Å²) in [4.78, 5) is 38.2. The molecule has 0 aliphatic heterocycles. The number of carbonyl (C=O) groups excluding carboxylic acids is 2. The van der Waals surface area contributed by atoms with Crippen LogP contribution in [-0.2, 0) is 4.79 Å². The first-order chi connectivity index (χ1) is 18.1. The van der Waals surface area contributed by atoms with Crippen molar-refractivity contribution in [2.75, 3.05) is 10.6 Å². The van der Waals surface area contributed by atoms with Crippen molar-refractivity contribution in [2.24, 2.45) is 0 Å². The van der Waals surface area contributed by atoms with E-state index in [1.807, 2.05) is 42.5 Å². The molecule has 1 atom stereocenters. The van der Waals surface area contributed by atoms with Gasteiger partial charge < -0.3 is 15.7 Å². The highest BCUT2D eigenvalue weighted by atomic mass is 35.5. The predicted octanol–water partition coefficient (Wildman–Crippen LogP) is 8.52. The van der Waals surface area contributed by atoms with Gasteiger partial charge in [0.25, 0.3) is 5.91 Å². The zero-order valence-corrected chi connectivity index (χ0v) is 23.4. The van der Waals surface area contributed by atoms with Crippen LogP contribution in [0.3, 0.4) is 0 Å². The number of anilines is 2. The van der Waals surface area contributed by atoms with Crippen molar-refractivity contribution in [3.8, 4) is 0 Å². The number of halogens is 4. The maximum absolute atomic E-state index is 12.9. The summed E-state index contributed by atoms with van der Waals surface area (Å²) in [5.74, 6) is -2.46. The van der Waals surface area contributed by atoms with E-state index in [0.717, 1.165) is 15.7 Å². The molecule has 0 saturated carbocycles. The Labute approximate surface area is 242 Å². The average molecular weight is 608 g/mol. The third-order valence-electron chi connectivity index (χ3n) is 5.52. The van der Waals surface area contributed by atoms with E-state index in [4.69, 9.17) is 46.4 Å². The fraction of sp³-hybridized carbons (Fsp3) is 0.0741. The molecular formula is C27H18Cl4N2O4S. The third-order valence-corrected chi connectivity index (χ3v) is 8.43. The van der Waals surface area contributed by atoms with Crippen molar-refractivity contribution in [3.63, 3.8) is 0 Å². The Bertz CT molecular complexity index is 1580. The second-order valence-electron chi connectivity index (χ2n) is 8.10. The minimum Gasteiger partial charge on any atom is -0.478 e. The maximum atomic E-state index is 12.9. The number of aromatic carboxylic acids is 1. The van der Waals surface area contributed by atoms with Gasteiger partial charge in [-0.15, -0.1) is 11.8 Å². The molecule has 4 rings (SSSR count).